The Morgan fingerprint density at radius 3 is 2.27 bits per heavy atom. The molecule has 9 heteroatoms. The molecule has 0 aliphatic carbocycles. The van der Waals surface area contributed by atoms with E-state index < -0.39 is 10.1 Å². The van der Waals surface area contributed by atoms with Gasteiger partial charge >= 0.3 is 10.1 Å². The van der Waals surface area contributed by atoms with Crippen LogP contribution in [0, 0.1) is 11.3 Å². The zero-order valence-electron chi connectivity index (χ0n) is 14.9. The monoisotopic (exact) mass is 541 g/mol. The van der Waals surface area contributed by atoms with Gasteiger partial charge in [0.15, 0.2) is 0 Å². The summed E-state index contributed by atoms with van der Waals surface area (Å²) in [6.45, 7) is 0. The molecule has 0 fully saturated rings. The van der Waals surface area contributed by atoms with Gasteiger partial charge in [-0.15, -0.1) is 0 Å². The first-order valence-corrected chi connectivity index (χ1v) is 11.6. The molecule has 0 aliphatic rings. The number of rotatable bonds is 5. The molecule has 0 radical (unpaired) electrons. The van der Waals surface area contributed by atoms with Crippen LogP contribution in [0.15, 0.2) is 70.0 Å². The van der Waals surface area contributed by atoms with Gasteiger partial charge in [-0.2, -0.15) is 13.7 Å². The van der Waals surface area contributed by atoms with Crippen molar-refractivity contribution in [2.75, 3.05) is 0 Å². The van der Waals surface area contributed by atoms with E-state index in [0.29, 0.717) is 30.7 Å². The zero-order chi connectivity index (χ0) is 21.9. The highest BCUT2D eigenvalue weighted by atomic mass is 79.9. The summed E-state index contributed by atoms with van der Waals surface area (Å²) in [5.74, 6) is 0.0472. The molecule has 0 N–H and O–H groups in total. The third kappa shape index (κ3) is 5.37. The summed E-state index contributed by atoms with van der Waals surface area (Å²) in [5, 5.41) is 10.8. The summed E-state index contributed by atoms with van der Waals surface area (Å²) in [6.07, 6.45) is 1.49. The molecule has 3 aromatic rings. The van der Waals surface area contributed by atoms with E-state index >= 15 is 0 Å². The van der Waals surface area contributed by atoms with Crippen molar-refractivity contribution in [2.24, 2.45) is 0 Å². The predicted octanol–water partition coefficient (Wildman–Crippen LogP) is 7.24. The van der Waals surface area contributed by atoms with Crippen molar-refractivity contribution in [2.45, 2.75) is 4.90 Å². The zero-order valence-corrected chi connectivity index (χ0v) is 19.6. The lowest BCUT2D eigenvalue weighted by atomic mass is 10.0. The Bertz CT molecular complexity index is 1280. The van der Waals surface area contributed by atoms with Gasteiger partial charge in [-0.3, -0.25) is 0 Å². The molecule has 0 atom stereocenters. The van der Waals surface area contributed by atoms with Crippen molar-refractivity contribution in [1.29, 1.82) is 5.26 Å². The van der Waals surface area contributed by atoms with Gasteiger partial charge in [0.25, 0.3) is 0 Å². The van der Waals surface area contributed by atoms with Crippen LogP contribution in [-0.4, -0.2) is 8.42 Å². The molecule has 3 rings (SSSR count). The maximum Gasteiger partial charge on any atom is 0.339 e. The average Bonchev–Trinajstić information content (AvgIpc) is 2.69. The molecule has 0 amide bonds. The van der Waals surface area contributed by atoms with Crippen molar-refractivity contribution >= 4 is 72.5 Å². The first-order valence-electron chi connectivity index (χ1n) is 8.26. The molecule has 0 saturated carbocycles. The van der Waals surface area contributed by atoms with Crippen LogP contribution in [0.25, 0.3) is 11.6 Å². The molecule has 4 nitrogen and oxygen atoms in total. The van der Waals surface area contributed by atoms with E-state index in [1.807, 2.05) is 0 Å². The van der Waals surface area contributed by atoms with Crippen LogP contribution in [-0.2, 0) is 10.1 Å². The van der Waals surface area contributed by atoms with Gasteiger partial charge in [-0.05, 0) is 60.7 Å². The quantitative estimate of drug-likeness (QED) is 0.193. The van der Waals surface area contributed by atoms with Crippen molar-refractivity contribution in [3.8, 4) is 11.8 Å². The topological polar surface area (TPSA) is 67.2 Å². The van der Waals surface area contributed by atoms with Crippen molar-refractivity contribution in [3.63, 3.8) is 0 Å². The van der Waals surface area contributed by atoms with Gasteiger partial charge in [-0.1, -0.05) is 56.8 Å². The molecule has 0 saturated heterocycles. The van der Waals surface area contributed by atoms with E-state index in [2.05, 4.69) is 22.0 Å². The smallest absolute Gasteiger partial charge is 0.339 e. The molecule has 0 heterocycles. The van der Waals surface area contributed by atoms with E-state index in [-0.39, 0.29) is 16.2 Å². The molecule has 0 aromatic heterocycles. The number of benzene rings is 3. The third-order valence-electron chi connectivity index (χ3n) is 3.92. The fraction of sp³-hybridized carbons (Fsp3) is 0. The highest BCUT2D eigenvalue weighted by Gasteiger charge is 2.19. The van der Waals surface area contributed by atoms with Gasteiger partial charge in [0.2, 0.25) is 0 Å². The van der Waals surface area contributed by atoms with Crippen molar-refractivity contribution in [3.05, 3.63) is 91.3 Å². The molecular weight excluding hydrogens is 533 g/mol. The Hall–Kier alpha value is -2.01. The Balaban J connectivity index is 2.06. The van der Waals surface area contributed by atoms with Gasteiger partial charge in [0, 0.05) is 25.6 Å². The van der Waals surface area contributed by atoms with Crippen LogP contribution in [0.4, 0.5) is 0 Å². The highest BCUT2D eigenvalue weighted by Crippen LogP contribution is 2.33. The van der Waals surface area contributed by atoms with Crippen LogP contribution in [0.2, 0.25) is 15.1 Å². The van der Waals surface area contributed by atoms with E-state index in [0.717, 1.165) is 0 Å². The molecule has 152 valence electrons. The second kappa shape index (κ2) is 9.42. The molecule has 0 spiro atoms. The number of nitrogens with zero attached hydrogens (tertiary/aromatic N) is 1. The fourth-order valence-electron chi connectivity index (χ4n) is 2.51. The van der Waals surface area contributed by atoms with E-state index in [1.54, 1.807) is 24.3 Å². The van der Waals surface area contributed by atoms with Gasteiger partial charge in [-0.25, -0.2) is 0 Å². The minimum Gasteiger partial charge on any atom is -0.378 e. The molecule has 0 aliphatic heterocycles. The Kier molecular flexibility index (Phi) is 7.12. The SMILES string of the molecule is N#C/C(=C\c1cc(Br)ccc1OS(=O)(=O)c1ccc(Cl)cc1)c1ccc(Cl)cc1Cl. The Labute approximate surface area is 197 Å². The second-order valence-corrected chi connectivity index (χ2v) is 9.71. The van der Waals surface area contributed by atoms with Crippen LogP contribution in [0.5, 0.6) is 5.75 Å². The first kappa shape index (κ1) is 22.7. The van der Waals surface area contributed by atoms with Crippen LogP contribution < -0.4 is 4.18 Å². The number of halogens is 4. The predicted molar refractivity (Wildman–Crippen MR) is 123 cm³/mol. The van der Waals surface area contributed by atoms with E-state index in [1.165, 1.54) is 42.5 Å². The van der Waals surface area contributed by atoms with Crippen molar-refractivity contribution < 1.29 is 12.6 Å². The largest absolute Gasteiger partial charge is 0.378 e. The number of hydrogen-bond donors (Lipinski definition) is 0. The van der Waals surface area contributed by atoms with Crippen LogP contribution in [0.3, 0.4) is 0 Å². The number of nitriles is 1. The summed E-state index contributed by atoms with van der Waals surface area (Å²) in [7, 11) is -4.12. The normalized spacial score (nSPS) is 11.8. The van der Waals surface area contributed by atoms with E-state index in [4.69, 9.17) is 39.0 Å². The maximum atomic E-state index is 12.7. The third-order valence-corrected chi connectivity index (χ3v) is 6.46. The van der Waals surface area contributed by atoms with Gasteiger partial charge in [0.1, 0.15) is 10.6 Å². The lowest BCUT2D eigenvalue weighted by Crippen LogP contribution is -2.10. The van der Waals surface area contributed by atoms with Crippen molar-refractivity contribution in [1.82, 2.24) is 0 Å². The summed E-state index contributed by atoms with van der Waals surface area (Å²) in [6, 6.07) is 17.2. The molecule has 0 unspecified atom stereocenters. The lowest BCUT2D eigenvalue weighted by molar-refractivity contribution is 0.485. The highest BCUT2D eigenvalue weighted by molar-refractivity contribution is 9.10. The average molecular weight is 544 g/mol. The number of allylic oxidation sites excluding steroid dienone is 1. The second-order valence-electron chi connectivity index (χ2n) is 5.97. The minimum atomic E-state index is -4.12. The molecule has 30 heavy (non-hydrogen) atoms. The molecule has 0 bridgehead atoms. The minimum absolute atomic E-state index is 0.0472. The van der Waals surface area contributed by atoms with Gasteiger partial charge < -0.3 is 4.18 Å². The summed E-state index contributed by atoms with van der Waals surface area (Å²) >= 11 is 21.3. The maximum absolute atomic E-state index is 12.7. The fourth-order valence-corrected chi connectivity index (χ4v) is 4.48. The van der Waals surface area contributed by atoms with E-state index in [9.17, 15) is 13.7 Å². The van der Waals surface area contributed by atoms with Crippen LogP contribution >= 0.6 is 50.7 Å². The summed E-state index contributed by atoms with van der Waals surface area (Å²) < 4.78 is 31.4. The lowest BCUT2D eigenvalue weighted by Gasteiger charge is -2.11. The first-order chi connectivity index (χ1) is 14.2. The summed E-state index contributed by atoms with van der Waals surface area (Å²) in [5.41, 5.74) is 1.03. The number of hydrogen-bond acceptors (Lipinski definition) is 4. The Morgan fingerprint density at radius 1 is 0.967 bits per heavy atom. The molecule has 3 aromatic carbocycles. The van der Waals surface area contributed by atoms with Gasteiger partial charge in [0.05, 0.1) is 16.7 Å². The standard InChI is InChI=1S/C21H11BrCl3NO3S/c22-15-1-8-21(29-30(27,28)18-5-2-16(23)3-6-18)13(10-15)9-14(12-26)19-7-4-17(24)11-20(19)25/h1-11H/b14-9+. The Morgan fingerprint density at radius 2 is 1.63 bits per heavy atom. The summed E-state index contributed by atoms with van der Waals surface area (Å²) in [4.78, 5) is -0.0500. The molecular formula is C21H11BrCl3NO3S. The van der Waals surface area contributed by atoms with Crippen LogP contribution in [0.1, 0.15) is 11.1 Å².